The quantitative estimate of drug-likeness (QED) is 0.439. The summed E-state index contributed by atoms with van der Waals surface area (Å²) in [5.41, 5.74) is 3.44. The van der Waals surface area contributed by atoms with E-state index in [1.165, 1.54) is 23.4 Å². The van der Waals surface area contributed by atoms with Crippen LogP contribution in [0.1, 0.15) is 40.3 Å². The van der Waals surface area contributed by atoms with Crippen molar-refractivity contribution in [2.45, 2.75) is 32.7 Å². The van der Waals surface area contributed by atoms with Crippen LogP contribution < -0.4 is 16.2 Å². The number of aliphatic carboxylic acids is 1. The molecule has 0 saturated carbocycles. The van der Waals surface area contributed by atoms with E-state index >= 15 is 0 Å². The molecule has 1 unspecified atom stereocenters. The molecule has 4 N–H and O–H groups in total. The summed E-state index contributed by atoms with van der Waals surface area (Å²) in [6, 6.07) is 13.9. The number of nitrogens with one attached hydrogen (secondary N) is 2. The molecule has 0 aliphatic heterocycles. The number of pyridine rings is 1. The van der Waals surface area contributed by atoms with Crippen LogP contribution in [0.15, 0.2) is 59.5 Å². The summed E-state index contributed by atoms with van der Waals surface area (Å²) in [7, 11) is 1.50. The molecule has 8 nitrogen and oxygen atoms in total. The van der Waals surface area contributed by atoms with E-state index in [9.17, 15) is 24.6 Å². The minimum Gasteiger partial charge on any atom is -0.505 e. The van der Waals surface area contributed by atoms with Crippen molar-refractivity contribution >= 4 is 17.7 Å². The molecular formula is C25H27N3O5. The van der Waals surface area contributed by atoms with Gasteiger partial charge >= 0.3 is 12.0 Å². The molecule has 3 aromatic rings. The van der Waals surface area contributed by atoms with Gasteiger partial charge in [0.2, 0.25) is 0 Å². The molecule has 1 aromatic heterocycles. The van der Waals surface area contributed by atoms with E-state index < -0.39 is 23.6 Å². The summed E-state index contributed by atoms with van der Waals surface area (Å²) < 4.78 is 1.24. The van der Waals surface area contributed by atoms with E-state index in [1.807, 2.05) is 49.4 Å². The summed E-state index contributed by atoms with van der Waals surface area (Å²) in [6.07, 6.45) is 1.76. The third-order valence-corrected chi connectivity index (χ3v) is 5.34. The minimum atomic E-state index is -1.08. The first-order chi connectivity index (χ1) is 15.6. The van der Waals surface area contributed by atoms with Crippen LogP contribution in [0.25, 0.3) is 0 Å². The van der Waals surface area contributed by atoms with Crippen LogP contribution >= 0.6 is 0 Å². The van der Waals surface area contributed by atoms with Gasteiger partial charge in [-0.15, -0.1) is 0 Å². The number of carboxylic acid groups (broad SMARTS) is 1. The van der Waals surface area contributed by atoms with Gasteiger partial charge < -0.3 is 25.4 Å². The van der Waals surface area contributed by atoms with Crippen molar-refractivity contribution in [2.24, 2.45) is 7.05 Å². The third-order valence-electron chi connectivity index (χ3n) is 5.34. The second kappa shape index (κ2) is 10.0. The summed E-state index contributed by atoms with van der Waals surface area (Å²) >= 11 is 0. The third kappa shape index (κ3) is 6.00. The lowest BCUT2D eigenvalue weighted by Gasteiger charge is -2.19. The van der Waals surface area contributed by atoms with Gasteiger partial charge in [-0.25, -0.2) is 4.79 Å². The topological polar surface area (TPSA) is 121 Å². The zero-order chi connectivity index (χ0) is 24.1. The van der Waals surface area contributed by atoms with E-state index in [0.29, 0.717) is 17.5 Å². The maximum atomic E-state index is 12.6. The number of carboxylic acids is 1. The Hall–Kier alpha value is -4.07. The van der Waals surface area contributed by atoms with Gasteiger partial charge in [0.05, 0.1) is 12.5 Å². The SMILES string of the molecule is Cc1ccc(Cc2cccc(C(CC(=O)O)NC(=O)Nc3c(O)c(C)cn(C)c3=O)c2)cc1. The number of urea groups is 1. The molecular weight excluding hydrogens is 422 g/mol. The number of carbonyl (C=O) groups is 2. The van der Waals surface area contributed by atoms with Gasteiger partial charge in [0.15, 0.2) is 5.69 Å². The first-order valence-electron chi connectivity index (χ1n) is 10.5. The van der Waals surface area contributed by atoms with Crippen molar-refractivity contribution in [3.8, 4) is 5.75 Å². The molecule has 0 aliphatic carbocycles. The molecule has 2 amide bonds. The molecule has 0 fully saturated rings. The van der Waals surface area contributed by atoms with Crippen molar-refractivity contribution in [1.29, 1.82) is 0 Å². The molecule has 0 aliphatic rings. The van der Waals surface area contributed by atoms with Crippen molar-refractivity contribution < 1.29 is 19.8 Å². The highest BCUT2D eigenvalue weighted by Gasteiger charge is 2.21. The summed E-state index contributed by atoms with van der Waals surface area (Å²) in [4.78, 5) is 36.4. The van der Waals surface area contributed by atoms with Crippen LogP contribution in [0.3, 0.4) is 0 Å². The number of anilines is 1. The molecule has 172 valence electrons. The van der Waals surface area contributed by atoms with Gasteiger partial charge in [-0.05, 0) is 37.0 Å². The predicted octanol–water partition coefficient (Wildman–Crippen LogP) is 3.64. The summed E-state index contributed by atoms with van der Waals surface area (Å²) in [6.45, 7) is 3.62. The van der Waals surface area contributed by atoms with E-state index in [1.54, 1.807) is 13.0 Å². The first-order valence-corrected chi connectivity index (χ1v) is 10.5. The van der Waals surface area contributed by atoms with Gasteiger partial charge in [0, 0.05) is 18.8 Å². The fraction of sp³-hybridized carbons (Fsp3) is 0.240. The number of aryl methyl sites for hydroxylation is 3. The number of aromatic hydroxyl groups is 1. The molecule has 8 heteroatoms. The summed E-state index contributed by atoms with van der Waals surface area (Å²) in [5.74, 6) is -1.42. The number of hydrogen-bond acceptors (Lipinski definition) is 4. The number of hydrogen-bond donors (Lipinski definition) is 4. The van der Waals surface area contributed by atoms with E-state index in [2.05, 4.69) is 10.6 Å². The fourth-order valence-corrected chi connectivity index (χ4v) is 3.59. The lowest BCUT2D eigenvalue weighted by molar-refractivity contribution is -0.137. The molecule has 0 bridgehead atoms. The van der Waals surface area contributed by atoms with Crippen LogP contribution in [0, 0.1) is 13.8 Å². The number of aromatic nitrogens is 1. The Morgan fingerprint density at radius 1 is 1.06 bits per heavy atom. The van der Waals surface area contributed by atoms with Gasteiger partial charge in [-0.3, -0.25) is 9.59 Å². The van der Waals surface area contributed by atoms with E-state index in [4.69, 9.17) is 0 Å². The lowest BCUT2D eigenvalue weighted by Crippen LogP contribution is -2.36. The van der Waals surface area contributed by atoms with Crippen molar-refractivity contribution in [3.63, 3.8) is 0 Å². The molecule has 3 rings (SSSR count). The fourth-order valence-electron chi connectivity index (χ4n) is 3.59. The smallest absolute Gasteiger partial charge is 0.319 e. The second-order valence-electron chi connectivity index (χ2n) is 8.11. The average molecular weight is 450 g/mol. The van der Waals surface area contributed by atoms with Crippen LogP contribution in [0.2, 0.25) is 0 Å². The van der Waals surface area contributed by atoms with Crippen LogP contribution in [-0.4, -0.2) is 26.8 Å². The Morgan fingerprint density at radius 3 is 2.42 bits per heavy atom. The number of nitrogens with zero attached hydrogens (tertiary/aromatic N) is 1. The second-order valence-corrected chi connectivity index (χ2v) is 8.11. The Morgan fingerprint density at radius 2 is 1.76 bits per heavy atom. The van der Waals surface area contributed by atoms with Crippen molar-refractivity contribution in [2.75, 3.05) is 5.32 Å². The molecule has 2 aromatic carbocycles. The number of amides is 2. The maximum absolute atomic E-state index is 12.6. The normalized spacial score (nSPS) is 11.6. The number of rotatable bonds is 7. The Labute approximate surface area is 191 Å². The minimum absolute atomic E-state index is 0.266. The largest absolute Gasteiger partial charge is 0.505 e. The van der Waals surface area contributed by atoms with Gasteiger partial charge in [-0.1, -0.05) is 54.1 Å². The molecule has 1 heterocycles. The standard InChI is InChI=1S/C25H27N3O5/c1-15-7-9-17(10-8-15)11-18-5-4-6-19(12-18)20(13-21(29)30)26-25(33)27-22-23(31)16(2)14-28(3)24(22)32/h4-10,12,14,20,31H,11,13H2,1-3H3,(H,29,30)(H2,26,27,33). The molecule has 1 atom stereocenters. The van der Waals surface area contributed by atoms with Crippen molar-refractivity contribution in [3.05, 3.63) is 92.9 Å². The zero-order valence-electron chi connectivity index (χ0n) is 18.8. The highest BCUT2D eigenvalue weighted by molar-refractivity contribution is 5.91. The van der Waals surface area contributed by atoms with Crippen LogP contribution in [0.4, 0.5) is 10.5 Å². The predicted molar refractivity (Wildman–Crippen MR) is 126 cm³/mol. The molecule has 0 spiro atoms. The Kier molecular flexibility index (Phi) is 7.17. The molecule has 0 radical (unpaired) electrons. The van der Waals surface area contributed by atoms with Gasteiger partial charge in [0.25, 0.3) is 5.56 Å². The highest BCUT2D eigenvalue weighted by Crippen LogP contribution is 2.24. The van der Waals surface area contributed by atoms with Crippen molar-refractivity contribution in [1.82, 2.24) is 9.88 Å². The first kappa shape index (κ1) is 23.6. The van der Waals surface area contributed by atoms with Crippen LogP contribution in [0.5, 0.6) is 5.75 Å². The van der Waals surface area contributed by atoms with Crippen LogP contribution in [-0.2, 0) is 18.3 Å². The molecule has 0 saturated heterocycles. The van der Waals surface area contributed by atoms with Gasteiger partial charge in [0.1, 0.15) is 5.75 Å². The maximum Gasteiger partial charge on any atom is 0.319 e. The average Bonchev–Trinajstić information content (AvgIpc) is 2.76. The zero-order valence-corrected chi connectivity index (χ0v) is 18.8. The number of benzene rings is 2. The van der Waals surface area contributed by atoms with E-state index in [0.717, 1.165) is 11.1 Å². The highest BCUT2D eigenvalue weighted by atomic mass is 16.4. The summed E-state index contributed by atoms with van der Waals surface area (Å²) in [5, 5.41) is 24.5. The van der Waals surface area contributed by atoms with E-state index in [-0.39, 0.29) is 17.9 Å². The Balaban J connectivity index is 1.82. The monoisotopic (exact) mass is 449 g/mol. The lowest BCUT2D eigenvalue weighted by atomic mass is 9.97. The van der Waals surface area contributed by atoms with Gasteiger partial charge in [-0.2, -0.15) is 0 Å². The Bertz CT molecular complexity index is 1230. The molecule has 33 heavy (non-hydrogen) atoms. The number of carbonyl (C=O) groups excluding carboxylic acids is 1.